The minimum Gasteiger partial charge on any atom is -0.378 e. The van der Waals surface area contributed by atoms with Gasteiger partial charge in [-0.15, -0.1) is 0 Å². The number of thioether (sulfide) groups is 1. The van der Waals surface area contributed by atoms with Crippen LogP contribution in [0.5, 0.6) is 0 Å². The number of rotatable bonds is 17. The van der Waals surface area contributed by atoms with Crippen molar-refractivity contribution in [1.29, 1.82) is 0 Å². The number of fused-ring (bicyclic) bond motifs is 1. The first-order valence-corrected chi connectivity index (χ1v) is 20.0. The maximum Gasteiger partial charge on any atom is 0.251 e. The largest absolute Gasteiger partial charge is 0.378 e. The normalized spacial score (nSPS) is 20.5. The van der Waals surface area contributed by atoms with E-state index in [1.165, 1.54) is 11.6 Å². The van der Waals surface area contributed by atoms with E-state index in [-0.39, 0.29) is 77.9 Å². The summed E-state index contributed by atoms with van der Waals surface area (Å²) in [7, 11) is 0. The third-order valence-electron chi connectivity index (χ3n) is 10.2. The molecule has 0 unspecified atom stereocenters. The fraction of sp³-hybridized carbons (Fsp3) is 0.538. The van der Waals surface area contributed by atoms with Crippen molar-refractivity contribution >= 4 is 58.8 Å². The molecule has 3 heterocycles. The molecule has 2 aromatic rings. The molecule has 0 aliphatic carbocycles. The molecule has 0 spiro atoms. The predicted octanol–water partition coefficient (Wildman–Crippen LogP) is 3.93. The van der Waals surface area contributed by atoms with Gasteiger partial charge in [0.05, 0.1) is 25.0 Å². The van der Waals surface area contributed by atoms with Crippen molar-refractivity contribution in [3.8, 4) is 0 Å². The van der Waals surface area contributed by atoms with Crippen molar-refractivity contribution < 1.29 is 33.5 Å². The Morgan fingerprint density at radius 2 is 1.60 bits per heavy atom. The molecule has 3 saturated heterocycles. The lowest BCUT2D eigenvalue weighted by atomic mass is 9.89. The second-order valence-electron chi connectivity index (χ2n) is 14.2. The average Bonchev–Trinajstić information content (AvgIpc) is 3.71. The zero-order valence-corrected chi connectivity index (χ0v) is 31.9. The van der Waals surface area contributed by atoms with E-state index < -0.39 is 11.9 Å². The highest BCUT2D eigenvalue weighted by Gasteiger charge is 2.50. The molecule has 12 nitrogen and oxygen atoms in total. The van der Waals surface area contributed by atoms with Crippen LogP contribution in [0.1, 0.15) is 84.6 Å². The molecule has 5 rings (SSSR count). The number of halogens is 1. The first-order valence-electron chi connectivity index (χ1n) is 18.6. The Bertz CT molecular complexity index is 1630. The number of nitrogens with one attached hydrogen (secondary N) is 4. The van der Waals surface area contributed by atoms with E-state index in [1.807, 2.05) is 43.0 Å². The number of hydrogen-bond donors (Lipinski definition) is 4. The first kappa shape index (κ1) is 40.2. The van der Waals surface area contributed by atoms with Gasteiger partial charge in [-0.3, -0.25) is 34.1 Å². The Kier molecular flexibility index (Phi) is 14.7. The second-order valence-corrected chi connectivity index (χ2v) is 16.0. The van der Waals surface area contributed by atoms with Crippen molar-refractivity contribution in [1.82, 2.24) is 26.2 Å². The lowest BCUT2D eigenvalue weighted by Gasteiger charge is -2.35. The maximum absolute atomic E-state index is 13.5. The van der Waals surface area contributed by atoms with Crippen LogP contribution >= 0.6 is 23.4 Å². The molecule has 4 N–H and O–H groups in total. The number of carbonyl (C=O) groups excluding carboxylic acids is 6. The van der Waals surface area contributed by atoms with Crippen LogP contribution in [-0.2, 0) is 23.9 Å². The fourth-order valence-corrected chi connectivity index (χ4v) is 8.97. The van der Waals surface area contributed by atoms with Crippen LogP contribution in [0.2, 0.25) is 5.02 Å². The minimum atomic E-state index is -0.699. The average molecular weight is 768 g/mol. The molecule has 0 bridgehead atoms. The number of hydrogen-bond acceptors (Lipinski definition) is 8. The molecule has 0 aromatic heterocycles. The zero-order valence-electron chi connectivity index (χ0n) is 30.4. The van der Waals surface area contributed by atoms with Gasteiger partial charge in [0.15, 0.2) is 0 Å². The summed E-state index contributed by atoms with van der Waals surface area (Å²) >= 11 is 7.72. The van der Waals surface area contributed by atoms with E-state index in [4.69, 9.17) is 16.3 Å². The topological polar surface area (TPSA) is 163 Å². The zero-order chi connectivity index (χ0) is 37.9. The van der Waals surface area contributed by atoms with Gasteiger partial charge in [0, 0.05) is 59.8 Å². The lowest BCUT2D eigenvalue weighted by Crippen LogP contribution is -2.52. The summed E-state index contributed by atoms with van der Waals surface area (Å²) < 4.78 is 5.55. The molecule has 14 heteroatoms. The van der Waals surface area contributed by atoms with E-state index in [2.05, 4.69) is 21.3 Å². The molecule has 53 heavy (non-hydrogen) atoms. The quantitative estimate of drug-likeness (QED) is 0.139. The highest BCUT2D eigenvalue weighted by atomic mass is 35.5. The highest BCUT2D eigenvalue weighted by Crippen LogP contribution is 2.42. The van der Waals surface area contributed by atoms with Gasteiger partial charge in [-0.1, -0.05) is 50.1 Å². The molecule has 6 amide bonds. The number of nitrogens with zero attached hydrogens (tertiary/aromatic N) is 1. The van der Waals surface area contributed by atoms with Crippen LogP contribution in [0.25, 0.3) is 0 Å². The SMILES string of the molecule is CC(C)[C@@H](NC(=O)c1cccc(C(=O)NCCOCCNC(=O)CCCC[C@@H]2SC[C@@H]3C(=O)NC(=O)[C@H]23)c1)C(=O)N1CCC(c2ccc(Cl)cc2)CC1. The summed E-state index contributed by atoms with van der Waals surface area (Å²) in [5.41, 5.74) is 1.81. The van der Waals surface area contributed by atoms with Gasteiger partial charge in [-0.05, 0) is 73.4 Å². The molecule has 0 saturated carbocycles. The number of unbranched alkanes of at least 4 members (excludes halogenated alkanes) is 1. The molecule has 3 aliphatic heterocycles. The molecule has 286 valence electrons. The number of ether oxygens (including phenoxy) is 1. The van der Waals surface area contributed by atoms with Crippen LogP contribution in [0, 0.1) is 17.8 Å². The van der Waals surface area contributed by atoms with Gasteiger partial charge in [0.2, 0.25) is 23.6 Å². The maximum atomic E-state index is 13.5. The van der Waals surface area contributed by atoms with E-state index in [1.54, 1.807) is 30.0 Å². The van der Waals surface area contributed by atoms with Gasteiger partial charge in [-0.2, -0.15) is 11.8 Å². The summed E-state index contributed by atoms with van der Waals surface area (Å²) in [5, 5.41) is 11.8. The van der Waals surface area contributed by atoms with Crippen LogP contribution in [0.3, 0.4) is 0 Å². The van der Waals surface area contributed by atoms with Crippen molar-refractivity contribution in [2.75, 3.05) is 45.1 Å². The standard InChI is InChI=1S/C39H50ClN5O7S/c1-24(2)34(39(51)45-18-14-26(15-19-45)25-10-12-29(40)13-11-25)43-36(48)28-7-5-6-27(22-28)35(47)42-17-21-52-20-16-41-32(46)9-4-3-8-31-33-30(23-53-31)37(49)44-38(33)50/h5-7,10-13,22,24,26,30-31,33-34H,3-4,8-9,14-21,23H2,1-2H3,(H,41,46)(H,42,47)(H,43,48)(H,44,49,50)/t30-,31-,33-,34+/m0/s1. The molecular formula is C39H50ClN5O7S. The minimum absolute atomic E-state index is 0.0736. The van der Waals surface area contributed by atoms with E-state index in [0.29, 0.717) is 54.7 Å². The lowest BCUT2D eigenvalue weighted by molar-refractivity contribution is -0.135. The van der Waals surface area contributed by atoms with Crippen molar-refractivity contribution in [3.05, 3.63) is 70.2 Å². The third kappa shape index (κ3) is 11.0. The van der Waals surface area contributed by atoms with Crippen molar-refractivity contribution in [2.45, 2.75) is 69.6 Å². The molecule has 3 fully saturated rings. The Morgan fingerprint density at radius 1 is 0.925 bits per heavy atom. The number of piperidine rings is 1. The first-order chi connectivity index (χ1) is 25.5. The summed E-state index contributed by atoms with van der Waals surface area (Å²) in [6.07, 6.45) is 4.36. The Labute approximate surface area is 320 Å². The molecule has 2 aromatic carbocycles. The highest BCUT2D eigenvalue weighted by molar-refractivity contribution is 8.00. The molecule has 3 aliphatic rings. The number of likely N-dealkylation sites (tertiary alicyclic amines) is 1. The third-order valence-corrected chi connectivity index (χ3v) is 12.0. The summed E-state index contributed by atoms with van der Waals surface area (Å²) in [6.45, 7) is 6.14. The number of imide groups is 1. The van der Waals surface area contributed by atoms with Crippen molar-refractivity contribution in [2.24, 2.45) is 17.8 Å². The summed E-state index contributed by atoms with van der Waals surface area (Å²) in [6, 6.07) is 13.5. The van der Waals surface area contributed by atoms with Crippen LogP contribution in [-0.4, -0.2) is 96.8 Å². The van der Waals surface area contributed by atoms with Gasteiger partial charge >= 0.3 is 0 Å². The molecule has 0 radical (unpaired) electrons. The number of carbonyl (C=O) groups is 6. The van der Waals surface area contributed by atoms with E-state index in [9.17, 15) is 28.8 Å². The van der Waals surface area contributed by atoms with Crippen LogP contribution in [0.4, 0.5) is 0 Å². The summed E-state index contributed by atoms with van der Waals surface area (Å²) in [5.74, 6) is -0.814. The van der Waals surface area contributed by atoms with Gasteiger partial charge < -0.3 is 25.6 Å². The Hall–Kier alpha value is -3.94. The van der Waals surface area contributed by atoms with Gasteiger partial charge in [-0.25, -0.2) is 0 Å². The fourth-order valence-electron chi connectivity index (χ4n) is 7.17. The second kappa shape index (κ2) is 19.4. The van der Waals surface area contributed by atoms with E-state index in [0.717, 1.165) is 25.7 Å². The number of benzene rings is 2. The van der Waals surface area contributed by atoms with Crippen molar-refractivity contribution in [3.63, 3.8) is 0 Å². The van der Waals surface area contributed by atoms with Gasteiger partial charge in [0.25, 0.3) is 11.8 Å². The van der Waals surface area contributed by atoms with E-state index >= 15 is 0 Å². The monoisotopic (exact) mass is 767 g/mol. The predicted molar refractivity (Wildman–Crippen MR) is 204 cm³/mol. The summed E-state index contributed by atoms with van der Waals surface area (Å²) in [4.78, 5) is 77.5. The molecule has 4 atom stereocenters. The Morgan fingerprint density at radius 3 is 2.30 bits per heavy atom. The van der Waals surface area contributed by atoms with Crippen LogP contribution < -0.4 is 21.3 Å². The number of amides is 6. The van der Waals surface area contributed by atoms with Gasteiger partial charge in [0.1, 0.15) is 6.04 Å². The molecular weight excluding hydrogens is 718 g/mol. The smallest absolute Gasteiger partial charge is 0.251 e. The Balaban J connectivity index is 0.950. The van der Waals surface area contributed by atoms with Crippen LogP contribution in [0.15, 0.2) is 48.5 Å².